The van der Waals surface area contributed by atoms with Crippen LogP contribution < -0.4 is 4.31 Å². The molecule has 4 aromatic rings. The predicted molar refractivity (Wildman–Crippen MR) is 131 cm³/mol. The van der Waals surface area contributed by atoms with Crippen LogP contribution in [0, 0.1) is 0 Å². The molecule has 0 spiro atoms. The average Bonchev–Trinajstić information content (AvgIpc) is 3.22. The van der Waals surface area contributed by atoms with Gasteiger partial charge in [0.2, 0.25) is 0 Å². The summed E-state index contributed by atoms with van der Waals surface area (Å²) in [5.74, 6) is -1.19. The van der Waals surface area contributed by atoms with Crippen LogP contribution in [0.5, 0.6) is 0 Å². The second kappa shape index (κ2) is 9.50. The van der Waals surface area contributed by atoms with Crippen molar-refractivity contribution in [3.8, 4) is 0 Å². The quantitative estimate of drug-likeness (QED) is 0.326. The van der Waals surface area contributed by atoms with Gasteiger partial charge < -0.3 is 4.74 Å². The summed E-state index contributed by atoms with van der Waals surface area (Å²) < 4.78 is 34.1. The van der Waals surface area contributed by atoms with Gasteiger partial charge in [-0.25, -0.2) is 13.2 Å². The van der Waals surface area contributed by atoms with Gasteiger partial charge in [0, 0.05) is 21.6 Å². The van der Waals surface area contributed by atoms with Crippen LogP contribution in [-0.4, -0.2) is 38.5 Å². The van der Waals surface area contributed by atoms with Crippen LogP contribution in [0.1, 0.15) is 15.2 Å². The van der Waals surface area contributed by atoms with Crippen molar-refractivity contribution in [2.24, 2.45) is 0 Å². The first-order chi connectivity index (χ1) is 16.2. The normalized spacial score (nSPS) is 11.4. The highest BCUT2D eigenvalue weighted by atomic mass is 35.5. The molecule has 174 valence electrons. The van der Waals surface area contributed by atoms with E-state index >= 15 is 0 Å². The Morgan fingerprint density at radius 3 is 2.32 bits per heavy atom. The van der Waals surface area contributed by atoms with Gasteiger partial charge >= 0.3 is 5.97 Å². The third-order valence-corrected chi connectivity index (χ3v) is 7.44. The van der Waals surface area contributed by atoms with E-state index in [2.05, 4.69) is 0 Å². The Balaban J connectivity index is 1.81. The van der Waals surface area contributed by atoms with Gasteiger partial charge in [-0.1, -0.05) is 47.5 Å². The van der Waals surface area contributed by atoms with Gasteiger partial charge in [0.05, 0.1) is 28.8 Å². The van der Waals surface area contributed by atoms with Gasteiger partial charge in [-0.05, 0) is 48.5 Å². The van der Waals surface area contributed by atoms with Crippen LogP contribution in [0.3, 0.4) is 0 Å². The molecule has 0 amide bonds. The van der Waals surface area contributed by atoms with Crippen LogP contribution in [0.4, 0.5) is 5.69 Å². The minimum absolute atomic E-state index is 0.0442. The summed E-state index contributed by atoms with van der Waals surface area (Å²) in [6.07, 6.45) is 1.35. The van der Waals surface area contributed by atoms with Crippen LogP contribution in [-0.2, 0) is 14.8 Å². The molecule has 0 aliphatic rings. The van der Waals surface area contributed by atoms with E-state index in [1.54, 1.807) is 42.5 Å². The lowest BCUT2D eigenvalue weighted by Gasteiger charge is -2.24. The summed E-state index contributed by atoms with van der Waals surface area (Å²) >= 11 is 12.0. The number of anilines is 1. The van der Waals surface area contributed by atoms with Crippen LogP contribution in [0.15, 0.2) is 83.9 Å². The molecule has 0 saturated carbocycles. The maximum absolute atomic E-state index is 13.5. The number of fused-ring (bicyclic) bond motifs is 1. The summed E-state index contributed by atoms with van der Waals surface area (Å²) in [6.45, 7) is -0.551. The maximum Gasteiger partial charge on any atom is 0.340 e. The lowest BCUT2D eigenvalue weighted by atomic mass is 10.2. The Hall–Kier alpha value is -3.33. The maximum atomic E-state index is 13.5. The lowest BCUT2D eigenvalue weighted by molar-refractivity contribution is 0.0603. The molecule has 1 heterocycles. The fraction of sp³-hybridized carbons (Fsp3) is 0.0833. The second-order valence-corrected chi connectivity index (χ2v) is 10.00. The summed E-state index contributed by atoms with van der Waals surface area (Å²) in [6, 6.07) is 18.6. The average molecular weight is 517 g/mol. The molecule has 10 heteroatoms. The molecule has 0 aliphatic heterocycles. The smallest absolute Gasteiger partial charge is 0.340 e. The third kappa shape index (κ3) is 4.52. The first kappa shape index (κ1) is 23.8. The third-order valence-electron chi connectivity index (χ3n) is 5.16. The zero-order valence-corrected chi connectivity index (χ0v) is 20.1. The molecule has 7 nitrogen and oxygen atoms in total. The van der Waals surface area contributed by atoms with Crippen LogP contribution in [0.25, 0.3) is 10.9 Å². The SMILES string of the molecule is COC(=O)c1cn(C(=O)CN(c2cccc(Cl)c2)S(=O)(=O)c2ccc(Cl)cc2)c2ccccc12. The van der Waals surface area contributed by atoms with Crippen molar-refractivity contribution < 1.29 is 22.7 Å². The summed E-state index contributed by atoms with van der Waals surface area (Å²) in [7, 11) is -2.92. The molecule has 0 radical (unpaired) electrons. The van der Waals surface area contributed by atoms with E-state index in [-0.39, 0.29) is 16.1 Å². The summed E-state index contributed by atoms with van der Waals surface area (Å²) in [5, 5.41) is 1.19. The van der Waals surface area contributed by atoms with Crippen molar-refractivity contribution in [1.82, 2.24) is 4.57 Å². The molecule has 4 rings (SSSR count). The Bertz CT molecular complexity index is 1500. The predicted octanol–water partition coefficient (Wildman–Crippen LogP) is 5.27. The number of benzene rings is 3. The molecule has 3 aromatic carbocycles. The summed E-state index contributed by atoms with van der Waals surface area (Å²) in [4.78, 5) is 25.6. The Kier molecular flexibility index (Phi) is 6.65. The number of halogens is 2. The van der Waals surface area contributed by atoms with Crippen LogP contribution in [0.2, 0.25) is 10.0 Å². The molecule has 0 N–H and O–H groups in total. The molecule has 0 saturated heterocycles. The molecular formula is C24H18Cl2N2O5S. The minimum Gasteiger partial charge on any atom is -0.465 e. The summed E-state index contributed by atoms with van der Waals surface area (Å²) in [5.41, 5.74) is 0.851. The Morgan fingerprint density at radius 2 is 1.65 bits per heavy atom. The van der Waals surface area contributed by atoms with E-state index < -0.39 is 28.4 Å². The molecule has 0 unspecified atom stereocenters. The fourth-order valence-corrected chi connectivity index (χ4v) is 5.25. The van der Waals surface area contributed by atoms with Gasteiger partial charge in [0.15, 0.2) is 0 Å². The highest BCUT2D eigenvalue weighted by Crippen LogP contribution is 2.28. The molecule has 0 fully saturated rings. The number of carbonyl (C=O) groups excluding carboxylic acids is 2. The van der Waals surface area contributed by atoms with Crippen molar-refractivity contribution in [3.63, 3.8) is 0 Å². The number of hydrogen-bond donors (Lipinski definition) is 0. The van der Waals surface area contributed by atoms with Crippen molar-refractivity contribution in [2.75, 3.05) is 18.0 Å². The van der Waals surface area contributed by atoms with E-state index in [9.17, 15) is 18.0 Å². The van der Waals surface area contributed by atoms with Gasteiger partial charge in [0.25, 0.3) is 15.9 Å². The number of para-hydroxylation sites is 1. The number of methoxy groups -OCH3 is 1. The van der Waals surface area contributed by atoms with Crippen molar-refractivity contribution in [1.29, 1.82) is 0 Å². The number of nitrogens with zero attached hydrogens (tertiary/aromatic N) is 2. The molecule has 34 heavy (non-hydrogen) atoms. The number of rotatable bonds is 6. The monoisotopic (exact) mass is 516 g/mol. The molecule has 0 bridgehead atoms. The van der Waals surface area contributed by atoms with Crippen molar-refractivity contribution >= 4 is 61.7 Å². The van der Waals surface area contributed by atoms with Gasteiger partial charge in [-0.3, -0.25) is 13.7 Å². The van der Waals surface area contributed by atoms with Gasteiger partial charge in [0.1, 0.15) is 6.54 Å². The number of hydrogen-bond acceptors (Lipinski definition) is 5. The van der Waals surface area contributed by atoms with Crippen molar-refractivity contribution in [2.45, 2.75) is 4.90 Å². The number of esters is 1. The topological polar surface area (TPSA) is 85.7 Å². The van der Waals surface area contributed by atoms with Crippen molar-refractivity contribution in [3.05, 3.63) is 94.6 Å². The molecular weight excluding hydrogens is 499 g/mol. The number of carbonyl (C=O) groups is 2. The molecule has 0 aliphatic carbocycles. The highest BCUT2D eigenvalue weighted by molar-refractivity contribution is 7.92. The Labute approximate surface area is 206 Å². The van der Waals surface area contributed by atoms with E-state index in [1.807, 2.05) is 0 Å². The van der Waals surface area contributed by atoms with E-state index in [1.165, 1.54) is 48.2 Å². The van der Waals surface area contributed by atoms with E-state index in [0.29, 0.717) is 20.9 Å². The lowest BCUT2D eigenvalue weighted by Crippen LogP contribution is -2.37. The minimum atomic E-state index is -4.17. The number of ether oxygens (including phenoxy) is 1. The largest absolute Gasteiger partial charge is 0.465 e. The zero-order chi connectivity index (χ0) is 24.5. The zero-order valence-electron chi connectivity index (χ0n) is 17.8. The van der Waals surface area contributed by atoms with Crippen LogP contribution >= 0.6 is 23.2 Å². The van der Waals surface area contributed by atoms with E-state index in [4.69, 9.17) is 27.9 Å². The molecule has 1 aromatic heterocycles. The Morgan fingerprint density at radius 1 is 0.941 bits per heavy atom. The highest BCUT2D eigenvalue weighted by Gasteiger charge is 2.29. The molecule has 0 atom stereocenters. The van der Waals surface area contributed by atoms with Gasteiger partial charge in [-0.2, -0.15) is 0 Å². The standard InChI is InChI=1S/C24H18Cl2N2O5S/c1-33-24(30)21-14-27(22-8-3-2-7-20(21)22)23(29)15-28(18-6-4-5-17(26)13-18)34(31,32)19-11-9-16(25)10-12-19/h2-14H,15H2,1H3. The first-order valence-corrected chi connectivity index (χ1v) is 12.2. The first-order valence-electron chi connectivity index (χ1n) is 9.98. The number of sulfonamides is 1. The second-order valence-electron chi connectivity index (χ2n) is 7.26. The van der Waals surface area contributed by atoms with E-state index in [0.717, 1.165) is 4.31 Å². The number of aromatic nitrogens is 1. The van der Waals surface area contributed by atoms with Gasteiger partial charge in [-0.15, -0.1) is 0 Å². The fourth-order valence-electron chi connectivity index (χ4n) is 3.54.